The molecule has 1 N–H and O–H groups in total. The van der Waals surface area contributed by atoms with E-state index in [1.807, 2.05) is 62.1 Å². The maximum atomic E-state index is 12.0. The predicted molar refractivity (Wildman–Crippen MR) is 129 cm³/mol. The molecule has 1 aromatic carbocycles. The van der Waals surface area contributed by atoms with Crippen LogP contribution < -0.4 is 10.2 Å². The van der Waals surface area contributed by atoms with Gasteiger partial charge in [-0.3, -0.25) is 0 Å². The predicted octanol–water partition coefficient (Wildman–Crippen LogP) is 6.34. The van der Waals surface area contributed by atoms with E-state index in [0.717, 1.165) is 11.3 Å². The van der Waals surface area contributed by atoms with Crippen LogP contribution in [0.15, 0.2) is 72.6 Å². The summed E-state index contributed by atoms with van der Waals surface area (Å²) in [5.74, 6) is -0.404. The number of allylic oxidation sites excluding steroid dienone is 3. The fourth-order valence-electron chi connectivity index (χ4n) is 2.00. The van der Waals surface area contributed by atoms with E-state index in [2.05, 4.69) is 23.5 Å². The third kappa shape index (κ3) is 12.8. The third-order valence-electron chi connectivity index (χ3n) is 3.22. The molecule has 0 aromatic heterocycles. The van der Waals surface area contributed by atoms with Gasteiger partial charge in [-0.1, -0.05) is 56.3 Å². The Morgan fingerprint density at radius 1 is 1.21 bits per heavy atom. The van der Waals surface area contributed by atoms with E-state index in [-0.39, 0.29) is 0 Å². The second kappa shape index (κ2) is 19.2. The minimum absolute atomic E-state index is 0.317. The van der Waals surface area contributed by atoms with E-state index in [0.29, 0.717) is 23.9 Å². The number of nitrogens with zero attached hydrogens (tertiary/aromatic N) is 1. The van der Waals surface area contributed by atoms with Crippen LogP contribution in [0.25, 0.3) is 0 Å². The molecule has 0 atom stereocenters. The van der Waals surface area contributed by atoms with Crippen molar-refractivity contribution in [3.63, 3.8) is 0 Å². The van der Waals surface area contributed by atoms with E-state index in [9.17, 15) is 4.79 Å². The lowest BCUT2D eigenvalue weighted by atomic mass is 10.2. The van der Waals surface area contributed by atoms with E-state index in [1.165, 1.54) is 6.38 Å². The summed E-state index contributed by atoms with van der Waals surface area (Å²) in [6.07, 6.45) is 10.9. The average molecular weight is 441 g/mol. The summed E-state index contributed by atoms with van der Waals surface area (Å²) in [6, 6.07) is 7.39. The summed E-state index contributed by atoms with van der Waals surface area (Å²) >= 11 is 10.6. The molecule has 0 bridgehead atoms. The standard InChI is InChI=1S/C20H25ClN2O2.C2H6.CH3Cl/c1-5-7-8-9-16(3)14-23(18-12-10-17(21)11-13-18)15-19(22-4)20(24)25-6-2;2*1-2/h5,7-13,15,22H,3,6,14H2,1-2,4H3;1-2H3;1H3/b7-5-,9-8-,19-15-;;. The first kappa shape index (κ1) is 29.0. The molecule has 4 nitrogen and oxygen atoms in total. The van der Waals surface area contributed by atoms with E-state index in [4.69, 9.17) is 16.3 Å². The number of esters is 1. The summed E-state index contributed by atoms with van der Waals surface area (Å²) in [5.41, 5.74) is 2.15. The van der Waals surface area contributed by atoms with E-state index >= 15 is 0 Å². The van der Waals surface area contributed by atoms with E-state index in [1.54, 1.807) is 32.3 Å². The van der Waals surface area contributed by atoms with Gasteiger partial charge >= 0.3 is 5.97 Å². The monoisotopic (exact) mass is 440 g/mol. The Kier molecular flexibility index (Phi) is 19.2. The zero-order valence-corrected chi connectivity index (χ0v) is 19.8. The number of rotatable bonds is 9. The van der Waals surface area contributed by atoms with Crippen LogP contribution in [0, 0.1) is 0 Å². The van der Waals surface area contributed by atoms with Gasteiger partial charge < -0.3 is 15.0 Å². The zero-order valence-electron chi connectivity index (χ0n) is 18.3. The molecule has 0 heterocycles. The lowest BCUT2D eigenvalue weighted by Gasteiger charge is -2.22. The first-order valence-corrected chi connectivity index (χ1v) is 10.6. The molecule has 0 radical (unpaired) electrons. The highest BCUT2D eigenvalue weighted by Gasteiger charge is 2.12. The second-order valence-electron chi connectivity index (χ2n) is 5.16. The van der Waals surface area contributed by atoms with Gasteiger partial charge in [-0.15, -0.1) is 11.6 Å². The van der Waals surface area contributed by atoms with Gasteiger partial charge in [0.1, 0.15) is 5.70 Å². The van der Waals surface area contributed by atoms with Gasteiger partial charge in [-0.05, 0) is 43.7 Å². The van der Waals surface area contributed by atoms with Gasteiger partial charge in [-0.25, -0.2) is 4.79 Å². The van der Waals surface area contributed by atoms with Crippen LogP contribution in [-0.2, 0) is 9.53 Å². The Morgan fingerprint density at radius 2 is 1.79 bits per heavy atom. The van der Waals surface area contributed by atoms with Crippen molar-refractivity contribution in [1.82, 2.24) is 5.32 Å². The van der Waals surface area contributed by atoms with Crippen LogP contribution >= 0.6 is 23.2 Å². The van der Waals surface area contributed by atoms with Gasteiger partial charge in [0.15, 0.2) is 0 Å². The van der Waals surface area contributed by atoms with Crippen LogP contribution in [0.1, 0.15) is 27.7 Å². The van der Waals surface area contributed by atoms with Crippen molar-refractivity contribution in [2.24, 2.45) is 0 Å². The number of hydrogen-bond donors (Lipinski definition) is 1. The number of benzene rings is 1. The lowest BCUT2D eigenvalue weighted by molar-refractivity contribution is -0.138. The highest BCUT2D eigenvalue weighted by molar-refractivity contribution is 6.30. The Labute approximate surface area is 186 Å². The van der Waals surface area contributed by atoms with Crippen molar-refractivity contribution in [3.8, 4) is 0 Å². The molecule has 0 amide bonds. The van der Waals surface area contributed by atoms with Crippen molar-refractivity contribution >= 4 is 34.9 Å². The Bertz CT molecular complexity index is 666. The van der Waals surface area contributed by atoms with Gasteiger partial charge in [0.2, 0.25) is 0 Å². The zero-order chi connectivity index (χ0) is 22.7. The number of carbonyl (C=O) groups is 1. The fourth-order valence-corrected chi connectivity index (χ4v) is 2.13. The average Bonchev–Trinajstić information content (AvgIpc) is 2.75. The van der Waals surface area contributed by atoms with Crippen molar-refractivity contribution < 1.29 is 9.53 Å². The molecule has 0 fully saturated rings. The molecule has 29 heavy (non-hydrogen) atoms. The van der Waals surface area contributed by atoms with Crippen molar-refractivity contribution in [3.05, 3.63) is 77.6 Å². The van der Waals surface area contributed by atoms with Crippen LogP contribution in [-0.4, -0.2) is 32.6 Å². The van der Waals surface area contributed by atoms with Gasteiger partial charge in [-0.2, -0.15) is 0 Å². The highest BCUT2D eigenvalue weighted by Crippen LogP contribution is 2.20. The molecule has 6 heteroatoms. The number of ether oxygens (including phenoxy) is 1. The smallest absolute Gasteiger partial charge is 0.355 e. The van der Waals surface area contributed by atoms with Crippen LogP contribution in [0.4, 0.5) is 5.69 Å². The number of anilines is 1. The molecule has 0 aliphatic carbocycles. The largest absolute Gasteiger partial charge is 0.461 e. The highest BCUT2D eigenvalue weighted by atomic mass is 35.5. The minimum Gasteiger partial charge on any atom is -0.461 e. The fraction of sp³-hybridized carbons (Fsp3) is 0.348. The van der Waals surface area contributed by atoms with E-state index < -0.39 is 5.97 Å². The molecule has 1 rings (SSSR count). The van der Waals surface area contributed by atoms with Crippen LogP contribution in [0.2, 0.25) is 5.02 Å². The normalized spacial score (nSPS) is 10.6. The van der Waals surface area contributed by atoms with Crippen molar-refractivity contribution in [1.29, 1.82) is 0 Å². The number of nitrogens with one attached hydrogen (secondary N) is 1. The molecule has 0 unspecified atom stereocenters. The molecule has 0 saturated carbocycles. The quantitative estimate of drug-likeness (QED) is 0.210. The summed E-state index contributed by atoms with van der Waals surface area (Å²) < 4.78 is 5.07. The molecular weight excluding hydrogens is 407 g/mol. The Hall–Kier alpha value is -2.17. The van der Waals surface area contributed by atoms with Gasteiger partial charge in [0, 0.05) is 36.9 Å². The Morgan fingerprint density at radius 3 is 2.28 bits per heavy atom. The molecule has 0 aliphatic rings. The summed E-state index contributed by atoms with van der Waals surface area (Å²) in [6.45, 7) is 12.6. The molecule has 0 spiro atoms. The number of likely N-dealkylation sites (N-methyl/N-ethyl adjacent to an activating group) is 1. The van der Waals surface area contributed by atoms with Gasteiger partial charge in [0.25, 0.3) is 0 Å². The first-order chi connectivity index (χ1) is 14.0. The molecular formula is C23H34Cl2N2O2. The number of hydrogen-bond acceptors (Lipinski definition) is 4. The Balaban J connectivity index is 0. The molecule has 1 aromatic rings. The van der Waals surface area contributed by atoms with Gasteiger partial charge in [0.05, 0.1) is 6.61 Å². The first-order valence-electron chi connectivity index (χ1n) is 9.45. The topological polar surface area (TPSA) is 41.6 Å². The van der Waals surface area contributed by atoms with Crippen LogP contribution in [0.3, 0.4) is 0 Å². The molecule has 162 valence electrons. The van der Waals surface area contributed by atoms with Crippen LogP contribution in [0.5, 0.6) is 0 Å². The number of alkyl halides is 1. The summed E-state index contributed by atoms with van der Waals surface area (Å²) in [4.78, 5) is 14.0. The summed E-state index contributed by atoms with van der Waals surface area (Å²) in [7, 11) is 1.68. The number of carbonyl (C=O) groups excluding carboxylic acids is 1. The summed E-state index contributed by atoms with van der Waals surface area (Å²) in [5, 5.41) is 3.54. The SMILES string of the molecule is C=C(/C=C\C=C/C)CN(/C=C(\NC)C(=O)OCC)c1ccc(Cl)cc1.CC.CCl. The third-order valence-corrected chi connectivity index (χ3v) is 3.47. The minimum atomic E-state index is -0.404. The molecule has 0 saturated heterocycles. The van der Waals surface area contributed by atoms with Crippen molar-refractivity contribution in [2.75, 3.05) is 31.5 Å². The molecule has 0 aliphatic heterocycles. The maximum absolute atomic E-state index is 12.0. The second-order valence-corrected chi connectivity index (χ2v) is 5.60. The number of halogens is 2. The lowest BCUT2D eigenvalue weighted by Crippen LogP contribution is -2.26. The maximum Gasteiger partial charge on any atom is 0.355 e. The van der Waals surface area contributed by atoms with Crippen molar-refractivity contribution in [2.45, 2.75) is 27.7 Å².